The van der Waals surface area contributed by atoms with Crippen molar-refractivity contribution in [3.8, 4) is 22.6 Å². The van der Waals surface area contributed by atoms with E-state index in [1.807, 2.05) is 12.1 Å². The molecule has 13 nitrogen and oxygen atoms in total. The molecule has 0 bridgehead atoms. The quantitative estimate of drug-likeness (QED) is 0.152. The molecule has 6 rings (SSSR count). The molecule has 1 saturated heterocycles. The number of imidazole rings is 1. The molecule has 198 valence electrons. The molecule has 39 heavy (non-hydrogen) atoms. The first-order valence-corrected chi connectivity index (χ1v) is 12.5. The predicted octanol–water partition coefficient (Wildman–Crippen LogP) is 2.18. The van der Waals surface area contributed by atoms with Gasteiger partial charge in [-0.25, -0.2) is 20.8 Å². The number of pyridine rings is 3. The minimum atomic E-state index is -0.383. The summed E-state index contributed by atoms with van der Waals surface area (Å²) in [6.07, 6.45) is 8.29. The van der Waals surface area contributed by atoms with Gasteiger partial charge >= 0.3 is 0 Å². The van der Waals surface area contributed by atoms with Crippen LogP contribution in [0.2, 0.25) is 0 Å². The molecule has 1 aliphatic heterocycles. The van der Waals surface area contributed by atoms with Gasteiger partial charge in [-0.15, -0.1) is 0 Å². The Morgan fingerprint density at radius 2 is 1.90 bits per heavy atom. The van der Waals surface area contributed by atoms with E-state index in [0.29, 0.717) is 39.6 Å². The Bertz CT molecular complexity index is 1700. The largest absolute Gasteiger partial charge is 0.324 e. The lowest BCUT2D eigenvalue weighted by molar-refractivity contribution is -0.121. The van der Waals surface area contributed by atoms with Gasteiger partial charge in [-0.3, -0.25) is 24.7 Å². The summed E-state index contributed by atoms with van der Waals surface area (Å²) >= 11 is 0. The molecular weight excluding hydrogens is 498 g/mol. The van der Waals surface area contributed by atoms with Crippen molar-refractivity contribution in [2.24, 2.45) is 11.8 Å². The first kappa shape index (κ1) is 24.6. The van der Waals surface area contributed by atoms with E-state index in [1.54, 1.807) is 24.7 Å². The molecule has 2 amide bonds. The second-order valence-corrected chi connectivity index (χ2v) is 9.78. The minimum Gasteiger partial charge on any atom is -0.324 e. The van der Waals surface area contributed by atoms with Gasteiger partial charge < -0.3 is 15.2 Å². The van der Waals surface area contributed by atoms with E-state index in [-0.39, 0.29) is 17.7 Å². The van der Waals surface area contributed by atoms with E-state index in [4.69, 9.17) is 5.84 Å². The minimum absolute atomic E-state index is 0.00396. The summed E-state index contributed by atoms with van der Waals surface area (Å²) in [7, 11) is 3.54. The van der Waals surface area contributed by atoms with Crippen molar-refractivity contribution < 1.29 is 9.59 Å². The molecule has 5 aromatic rings. The first-order chi connectivity index (χ1) is 18.9. The summed E-state index contributed by atoms with van der Waals surface area (Å²) < 4.78 is 0. The Hall–Kier alpha value is -4.75. The highest BCUT2D eigenvalue weighted by atomic mass is 16.2. The Morgan fingerprint density at radius 1 is 1.10 bits per heavy atom. The number of aromatic nitrogens is 7. The highest BCUT2D eigenvalue weighted by Crippen LogP contribution is 2.30. The maximum Gasteiger partial charge on any atom is 0.269 e. The number of anilines is 1. The predicted molar refractivity (Wildman–Crippen MR) is 145 cm³/mol. The third kappa shape index (κ3) is 4.69. The highest BCUT2D eigenvalue weighted by Gasteiger charge is 2.24. The van der Waals surface area contributed by atoms with Gasteiger partial charge in [0.15, 0.2) is 17.1 Å². The molecule has 1 fully saturated rings. The van der Waals surface area contributed by atoms with Crippen LogP contribution in [-0.4, -0.2) is 84.0 Å². The van der Waals surface area contributed by atoms with Crippen molar-refractivity contribution in [1.82, 2.24) is 45.0 Å². The molecule has 13 heteroatoms. The van der Waals surface area contributed by atoms with E-state index in [1.165, 1.54) is 13.2 Å². The van der Waals surface area contributed by atoms with Crippen molar-refractivity contribution in [2.45, 2.75) is 12.8 Å². The Labute approximate surface area is 222 Å². The lowest BCUT2D eigenvalue weighted by atomic mass is 9.96. The number of fused-ring (bicyclic) bond motifs is 2. The molecule has 0 saturated carbocycles. The third-order valence-electron chi connectivity index (χ3n) is 7.00. The molecule has 0 unspecified atom stereocenters. The van der Waals surface area contributed by atoms with E-state index < -0.39 is 0 Å². The number of carbonyl (C=O) groups is 2. The van der Waals surface area contributed by atoms with E-state index in [9.17, 15) is 9.59 Å². The summed E-state index contributed by atoms with van der Waals surface area (Å²) in [5.74, 6) is 5.72. The van der Waals surface area contributed by atoms with Crippen LogP contribution in [0.5, 0.6) is 0 Å². The number of hydrogen-bond acceptors (Lipinski definition) is 9. The summed E-state index contributed by atoms with van der Waals surface area (Å²) in [6, 6.07) is 5.39. The number of hydrazine groups is 1. The van der Waals surface area contributed by atoms with Gasteiger partial charge in [-0.2, -0.15) is 5.10 Å². The van der Waals surface area contributed by atoms with Crippen molar-refractivity contribution in [3.05, 3.63) is 48.5 Å². The van der Waals surface area contributed by atoms with Crippen LogP contribution in [0.4, 0.5) is 5.69 Å². The molecule has 1 aliphatic rings. The van der Waals surface area contributed by atoms with Gasteiger partial charge in [0, 0.05) is 42.7 Å². The molecule has 0 aliphatic carbocycles. The van der Waals surface area contributed by atoms with Crippen LogP contribution < -0.4 is 11.2 Å². The van der Waals surface area contributed by atoms with Crippen LogP contribution in [0.15, 0.2) is 43.0 Å². The molecule has 6 heterocycles. The zero-order valence-electron chi connectivity index (χ0n) is 21.5. The van der Waals surface area contributed by atoms with Crippen LogP contribution in [0.25, 0.3) is 44.8 Å². The SMILES string of the molecule is CN1CCC(C(=O)Nc2cncc(-c3cnc4[nH]nc(-c5nc6c(C(=O)N(C)N)ccnc6[nH]5)c4c3)c2)CC1. The lowest BCUT2D eigenvalue weighted by Gasteiger charge is -2.28. The molecular formula is C26H27N11O2. The second-order valence-electron chi connectivity index (χ2n) is 9.78. The lowest BCUT2D eigenvalue weighted by Crippen LogP contribution is -2.35. The van der Waals surface area contributed by atoms with Gasteiger partial charge in [0.1, 0.15) is 11.2 Å². The fraction of sp³-hybridized carbons (Fsp3) is 0.269. The highest BCUT2D eigenvalue weighted by molar-refractivity contribution is 6.04. The summed E-state index contributed by atoms with van der Waals surface area (Å²) in [4.78, 5) is 48.5. The van der Waals surface area contributed by atoms with E-state index >= 15 is 0 Å². The van der Waals surface area contributed by atoms with Gasteiger partial charge in [-0.05, 0) is 51.2 Å². The van der Waals surface area contributed by atoms with Gasteiger partial charge in [0.05, 0.1) is 22.8 Å². The number of nitrogens with one attached hydrogen (secondary N) is 3. The number of aromatic amines is 2. The van der Waals surface area contributed by atoms with Crippen LogP contribution in [-0.2, 0) is 4.79 Å². The topological polar surface area (TPSA) is 175 Å². The van der Waals surface area contributed by atoms with Gasteiger partial charge in [0.25, 0.3) is 5.91 Å². The smallest absolute Gasteiger partial charge is 0.269 e. The average molecular weight is 526 g/mol. The number of amides is 2. The molecule has 5 aromatic heterocycles. The zero-order valence-corrected chi connectivity index (χ0v) is 21.5. The Balaban J connectivity index is 1.31. The number of carbonyl (C=O) groups excluding carboxylic acids is 2. The van der Waals surface area contributed by atoms with E-state index in [0.717, 1.165) is 47.5 Å². The summed E-state index contributed by atoms with van der Waals surface area (Å²) in [6.45, 7) is 1.83. The third-order valence-corrected chi connectivity index (χ3v) is 7.00. The number of hydrogen-bond donors (Lipinski definition) is 4. The van der Waals surface area contributed by atoms with Crippen LogP contribution in [0, 0.1) is 5.92 Å². The molecule has 5 N–H and O–H groups in total. The first-order valence-electron chi connectivity index (χ1n) is 12.5. The normalized spacial score (nSPS) is 14.6. The molecule has 0 radical (unpaired) electrons. The summed E-state index contributed by atoms with van der Waals surface area (Å²) in [5.41, 5.74) is 4.48. The number of nitrogens with zero attached hydrogens (tertiary/aromatic N) is 7. The van der Waals surface area contributed by atoms with Gasteiger partial charge in [0.2, 0.25) is 5.91 Å². The Kier molecular flexibility index (Phi) is 6.21. The number of nitrogens with two attached hydrogens (primary N) is 1. The van der Waals surface area contributed by atoms with Crippen LogP contribution >= 0.6 is 0 Å². The zero-order chi connectivity index (χ0) is 27.1. The van der Waals surface area contributed by atoms with Crippen molar-refractivity contribution in [3.63, 3.8) is 0 Å². The Morgan fingerprint density at radius 3 is 2.69 bits per heavy atom. The maximum atomic E-state index is 12.8. The van der Waals surface area contributed by atoms with Crippen LogP contribution in [0.1, 0.15) is 23.2 Å². The number of H-pyrrole nitrogens is 2. The fourth-order valence-corrected chi connectivity index (χ4v) is 4.81. The number of piperidine rings is 1. The number of rotatable bonds is 5. The van der Waals surface area contributed by atoms with Crippen molar-refractivity contribution >= 4 is 39.7 Å². The monoisotopic (exact) mass is 525 g/mol. The maximum absolute atomic E-state index is 12.8. The van der Waals surface area contributed by atoms with Crippen molar-refractivity contribution in [2.75, 3.05) is 32.5 Å². The number of likely N-dealkylation sites (tertiary alicyclic amines) is 1. The standard InChI is InChI=1S/C26H27N11O2/c1-36-7-4-14(5-8-36)25(38)31-17-9-15(11-28-13-17)16-10-19-21(34-35-22(19)30-12-16)24-32-20-18(26(39)37(2)27)3-6-29-23(20)33-24/h3,6,9-14H,4-5,7-8,27H2,1-2H3,(H,31,38)(H,29,32,33)(H,30,34,35). The van der Waals surface area contributed by atoms with Crippen molar-refractivity contribution in [1.29, 1.82) is 0 Å². The second kappa shape index (κ2) is 9.85. The van der Waals surface area contributed by atoms with E-state index in [2.05, 4.69) is 52.4 Å². The fourth-order valence-electron chi connectivity index (χ4n) is 4.81. The van der Waals surface area contributed by atoms with Gasteiger partial charge in [-0.1, -0.05) is 0 Å². The summed E-state index contributed by atoms with van der Waals surface area (Å²) in [5, 5.41) is 12.1. The average Bonchev–Trinajstić information content (AvgIpc) is 3.56. The molecule has 0 spiro atoms. The molecule has 0 aromatic carbocycles. The van der Waals surface area contributed by atoms with Crippen LogP contribution in [0.3, 0.4) is 0 Å². The molecule has 0 atom stereocenters.